The van der Waals surface area contributed by atoms with Crippen LogP contribution in [0.1, 0.15) is 15.9 Å². The topological polar surface area (TPSA) is 44.7 Å². The van der Waals surface area contributed by atoms with E-state index in [9.17, 15) is 4.79 Å². The molecule has 0 aliphatic rings. The summed E-state index contributed by atoms with van der Waals surface area (Å²) in [7, 11) is 3.81. The van der Waals surface area contributed by atoms with Gasteiger partial charge in [-0.2, -0.15) is 5.10 Å². The van der Waals surface area contributed by atoms with Gasteiger partial charge in [-0.15, -0.1) is 0 Å². The van der Waals surface area contributed by atoms with Gasteiger partial charge in [-0.25, -0.2) is 5.43 Å². The first-order valence-electron chi connectivity index (χ1n) is 8.40. The number of anilines is 1. The fraction of sp³-hybridized carbons (Fsp3) is 0.0909. The second-order valence-corrected chi connectivity index (χ2v) is 6.10. The first-order valence-corrected chi connectivity index (χ1v) is 8.40. The van der Waals surface area contributed by atoms with E-state index in [0.29, 0.717) is 5.56 Å². The Morgan fingerprint density at radius 1 is 0.846 bits per heavy atom. The number of hydrogen-bond acceptors (Lipinski definition) is 3. The Balaban J connectivity index is 1.67. The molecule has 3 rings (SSSR count). The predicted octanol–water partition coefficient (Wildman–Crippen LogP) is 4.18. The molecule has 0 saturated heterocycles. The molecule has 0 fully saturated rings. The van der Waals surface area contributed by atoms with E-state index < -0.39 is 0 Å². The van der Waals surface area contributed by atoms with Gasteiger partial charge in [-0.05, 0) is 28.8 Å². The minimum Gasteiger partial charge on any atom is -0.377 e. The number of carbonyl (C=O) groups excluding carboxylic acids is 1. The summed E-state index contributed by atoms with van der Waals surface area (Å²) in [5.41, 5.74) is 7.28. The molecular formula is C22H21N3O. The Morgan fingerprint density at radius 2 is 1.46 bits per heavy atom. The van der Waals surface area contributed by atoms with Gasteiger partial charge in [-0.1, -0.05) is 66.7 Å². The molecule has 0 aliphatic carbocycles. The molecule has 0 aliphatic heterocycles. The number of nitrogens with zero attached hydrogens (tertiary/aromatic N) is 2. The van der Waals surface area contributed by atoms with Crippen LogP contribution in [0.2, 0.25) is 0 Å². The van der Waals surface area contributed by atoms with Crippen molar-refractivity contribution in [3.63, 3.8) is 0 Å². The summed E-state index contributed by atoms with van der Waals surface area (Å²) in [6.45, 7) is 0. The number of nitrogens with one attached hydrogen (secondary N) is 1. The Morgan fingerprint density at radius 3 is 2.15 bits per heavy atom. The lowest BCUT2D eigenvalue weighted by atomic mass is 10.0. The van der Waals surface area contributed by atoms with Crippen LogP contribution in [-0.2, 0) is 0 Å². The van der Waals surface area contributed by atoms with E-state index in [1.807, 2.05) is 79.7 Å². The second-order valence-electron chi connectivity index (χ2n) is 6.10. The molecule has 130 valence electrons. The maximum absolute atomic E-state index is 12.3. The third-order valence-electron chi connectivity index (χ3n) is 4.03. The first kappa shape index (κ1) is 17.4. The molecule has 1 N–H and O–H groups in total. The molecule has 1 amide bonds. The number of rotatable bonds is 5. The van der Waals surface area contributed by atoms with Gasteiger partial charge in [0.15, 0.2) is 0 Å². The fourth-order valence-electron chi connectivity index (χ4n) is 2.67. The molecule has 26 heavy (non-hydrogen) atoms. The average molecular weight is 343 g/mol. The van der Waals surface area contributed by atoms with Crippen molar-refractivity contribution in [1.82, 2.24) is 5.43 Å². The molecule has 3 aromatic carbocycles. The molecule has 0 heterocycles. The van der Waals surface area contributed by atoms with Crippen molar-refractivity contribution >= 4 is 17.8 Å². The highest BCUT2D eigenvalue weighted by molar-refractivity contribution is 6.00. The Kier molecular flexibility index (Phi) is 5.44. The molecule has 0 atom stereocenters. The standard InChI is InChI=1S/C22H21N3O/c1-25(2)21-11-7-6-10-20(21)22(26)24-23-16-17-12-14-19(15-13-17)18-8-4-3-5-9-18/h3-16H,1-2H3,(H,24,26)/b23-16+. The van der Waals surface area contributed by atoms with Crippen molar-refractivity contribution in [2.75, 3.05) is 19.0 Å². The zero-order chi connectivity index (χ0) is 18.4. The smallest absolute Gasteiger partial charge is 0.273 e. The summed E-state index contributed by atoms with van der Waals surface area (Å²) < 4.78 is 0. The number of benzene rings is 3. The number of carbonyl (C=O) groups is 1. The van der Waals surface area contributed by atoms with Gasteiger partial charge in [0, 0.05) is 19.8 Å². The molecule has 0 aromatic heterocycles. The predicted molar refractivity (Wildman–Crippen MR) is 108 cm³/mol. The Labute approximate surface area is 153 Å². The van der Waals surface area contributed by atoms with E-state index in [2.05, 4.69) is 22.7 Å². The summed E-state index contributed by atoms with van der Waals surface area (Å²) in [5, 5.41) is 4.08. The summed E-state index contributed by atoms with van der Waals surface area (Å²) in [6, 6.07) is 25.7. The van der Waals surface area contributed by atoms with E-state index in [1.165, 1.54) is 5.56 Å². The number of hydrogen-bond donors (Lipinski definition) is 1. The van der Waals surface area contributed by atoms with E-state index in [-0.39, 0.29) is 5.91 Å². The van der Waals surface area contributed by atoms with Gasteiger partial charge in [-0.3, -0.25) is 4.79 Å². The van der Waals surface area contributed by atoms with Crippen LogP contribution in [0.15, 0.2) is 84.0 Å². The molecule has 0 unspecified atom stereocenters. The lowest BCUT2D eigenvalue weighted by Gasteiger charge is -2.15. The van der Waals surface area contributed by atoms with Crippen molar-refractivity contribution < 1.29 is 4.79 Å². The van der Waals surface area contributed by atoms with E-state index in [1.54, 1.807) is 12.3 Å². The lowest BCUT2D eigenvalue weighted by molar-refractivity contribution is 0.0955. The SMILES string of the molecule is CN(C)c1ccccc1C(=O)N/N=C/c1ccc(-c2ccccc2)cc1. The molecule has 4 nitrogen and oxygen atoms in total. The van der Waals surface area contributed by atoms with Gasteiger partial charge in [0.2, 0.25) is 0 Å². The zero-order valence-corrected chi connectivity index (χ0v) is 14.9. The monoisotopic (exact) mass is 343 g/mol. The third kappa shape index (κ3) is 4.16. The highest BCUT2D eigenvalue weighted by Gasteiger charge is 2.11. The van der Waals surface area contributed by atoms with Crippen LogP contribution in [0.4, 0.5) is 5.69 Å². The van der Waals surface area contributed by atoms with Gasteiger partial charge in [0.1, 0.15) is 0 Å². The van der Waals surface area contributed by atoms with Crippen LogP contribution in [0, 0.1) is 0 Å². The summed E-state index contributed by atoms with van der Waals surface area (Å²) in [5.74, 6) is -0.230. The maximum Gasteiger partial charge on any atom is 0.273 e. The van der Waals surface area contributed by atoms with Crippen molar-refractivity contribution in [2.24, 2.45) is 5.10 Å². The lowest BCUT2D eigenvalue weighted by Crippen LogP contribution is -2.21. The van der Waals surface area contributed by atoms with Crippen LogP contribution in [0.5, 0.6) is 0 Å². The maximum atomic E-state index is 12.3. The molecule has 0 radical (unpaired) electrons. The summed E-state index contributed by atoms with van der Waals surface area (Å²) in [4.78, 5) is 14.3. The second kappa shape index (κ2) is 8.12. The van der Waals surface area contributed by atoms with E-state index >= 15 is 0 Å². The van der Waals surface area contributed by atoms with Gasteiger partial charge in [0.05, 0.1) is 11.8 Å². The molecule has 0 bridgehead atoms. The van der Waals surface area contributed by atoms with Crippen molar-refractivity contribution in [3.8, 4) is 11.1 Å². The highest BCUT2D eigenvalue weighted by atomic mass is 16.2. The normalized spacial score (nSPS) is 10.7. The van der Waals surface area contributed by atoms with Gasteiger partial charge in [0.25, 0.3) is 5.91 Å². The molecule has 3 aromatic rings. The average Bonchev–Trinajstić information content (AvgIpc) is 2.69. The third-order valence-corrected chi connectivity index (χ3v) is 4.03. The van der Waals surface area contributed by atoms with Crippen LogP contribution in [0.25, 0.3) is 11.1 Å². The number of hydrazone groups is 1. The first-order chi connectivity index (χ1) is 12.6. The fourth-order valence-corrected chi connectivity index (χ4v) is 2.67. The van der Waals surface area contributed by atoms with E-state index in [0.717, 1.165) is 16.8 Å². The van der Waals surface area contributed by atoms with Crippen LogP contribution < -0.4 is 10.3 Å². The summed E-state index contributed by atoms with van der Waals surface area (Å²) >= 11 is 0. The zero-order valence-electron chi connectivity index (χ0n) is 14.9. The van der Waals surface area contributed by atoms with Crippen LogP contribution in [0.3, 0.4) is 0 Å². The molecular weight excluding hydrogens is 322 g/mol. The minimum absolute atomic E-state index is 0.230. The molecule has 0 spiro atoms. The van der Waals surface area contributed by atoms with Crippen molar-refractivity contribution in [3.05, 3.63) is 90.0 Å². The van der Waals surface area contributed by atoms with Crippen LogP contribution >= 0.6 is 0 Å². The summed E-state index contributed by atoms with van der Waals surface area (Å²) in [6.07, 6.45) is 1.64. The Hall–Kier alpha value is -3.40. The highest BCUT2D eigenvalue weighted by Crippen LogP contribution is 2.19. The van der Waals surface area contributed by atoms with Gasteiger partial charge < -0.3 is 4.90 Å². The largest absolute Gasteiger partial charge is 0.377 e. The van der Waals surface area contributed by atoms with E-state index in [4.69, 9.17) is 0 Å². The number of amides is 1. The Bertz CT molecular complexity index is 900. The van der Waals surface area contributed by atoms with Crippen molar-refractivity contribution in [2.45, 2.75) is 0 Å². The van der Waals surface area contributed by atoms with Crippen molar-refractivity contribution in [1.29, 1.82) is 0 Å². The molecule has 0 saturated carbocycles. The van der Waals surface area contributed by atoms with Gasteiger partial charge >= 0.3 is 0 Å². The number of para-hydroxylation sites is 1. The van der Waals surface area contributed by atoms with Crippen LogP contribution in [-0.4, -0.2) is 26.2 Å². The molecule has 4 heteroatoms. The minimum atomic E-state index is -0.230. The quantitative estimate of drug-likeness (QED) is 0.558.